The number of nitrogens with one attached hydrogen (secondary N) is 2. The number of imide groups is 1. The van der Waals surface area contributed by atoms with Crippen LogP contribution in [0.5, 0.6) is 0 Å². The molecule has 1 heterocycles. The normalized spacial score (nSPS) is 15.1. The fourth-order valence-electron chi connectivity index (χ4n) is 1.76. The Kier molecular flexibility index (Phi) is 7.06. The lowest BCUT2D eigenvalue weighted by atomic mass is 10.3. The molecule has 108 valence electrons. The minimum Gasteiger partial charge on any atom is -0.383 e. The third-order valence-corrected chi connectivity index (χ3v) is 2.82. The SMILES string of the molecule is COCCNCCNC(=O)CCN1C(=O)CCC1=O. The summed E-state index contributed by atoms with van der Waals surface area (Å²) in [5.74, 6) is -0.515. The maximum Gasteiger partial charge on any atom is 0.229 e. The summed E-state index contributed by atoms with van der Waals surface area (Å²) in [6.07, 6.45) is 0.698. The van der Waals surface area contributed by atoms with Crippen LogP contribution < -0.4 is 10.6 Å². The van der Waals surface area contributed by atoms with Gasteiger partial charge in [0.2, 0.25) is 17.7 Å². The summed E-state index contributed by atoms with van der Waals surface area (Å²) in [6.45, 7) is 2.73. The maximum atomic E-state index is 11.5. The Morgan fingerprint density at radius 3 is 2.53 bits per heavy atom. The van der Waals surface area contributed by atoms with Crippen LogP contribution in [-0.4, -0.2) is 62.5 Å². The Hall–Kier alpha value is -1.47. The summed E-state index contributed by atoms with van der Waals surface area (Å²) in [4.78, 5) is 35.3. The molecule has 1 rings (SSSR count). The lowest BCUT2D eigenvalue weighted by molar-refractivity contribution is -0.138. The van der Waals surface area contributed by atoms with E-state index in [-0.39, 0.29) is 43.5 Å². The van der Waals surface area contributed by atoms with Gasteiger partial charge in [0.15, 0.2) is 0 Å². The summed E-state index contributed by atoms with van der Waals surface area (Å²) in [5, 5.41) is 5.82. The highest BCUT2D eigenvalue weighted by Gasteiger charge is 2.28. The van der Waals surface area contributed by atoms with Crippen LogP contribution in [0.1, 0.15) is 19.3 Å². The van der Waals surface area contributed by atoms with Crippen molar-refractivity contribution >= 4 is 17.7 Å². The van der Waals surface area contributed by atoms with Crippen molar-refractivity contribution in [3.05, 3.63) is 0 Å². The highest BCUT2D eigenvalue weighted by Crippen LogP contribution is 2.11. The van der Waals surface area contributed by atoms with E-state index in [2.05, 4.69) is 10.6 Å². The number of carbonyl (C=O) groups is 3. The van der Waals surface area contributed by atoms with E-state index in [9.17, 15) is 14.4 Å². The molecule has 1 saturated heterocycles. The molecule has 0 atom stereocenters. The first-order valence-corrected chi connectivity index (χ1v) is 6.44. The molecule has 0 bridgehead atoms. The summed E-state index contributed by atoms with van der Waals surface area (Å²) < 4.78 is 4.87. The van der Waals surface area contributed by atoms with Gasteiger partial charge in [-0.3, -0.25) is 19.3 Å². The van der Waals surface area contributed by atoms with Gasteiger partial charge in [0, 0.05) is 52.6 Å². The van der Waals surface area contributed by atoms with Crippen LogP contribution in [0.15, 0.2) is 0 Å². The number of nitrogens with zero attached hydrogens (tertiary/aromatic N) is 1. The quantitative estimate of drug-likeness (QED) is 0.409. The zero-order chi connectivity index (χ0) is 14.1. The van der Waals surface area contributed by atoms with Crippen molar-refractivity contribution in [3.8, 4) is 0 Å². The number of hydrogen-bond donors (Lipinski definition) is 2. The van der Waals surface area contributed by atoms with Crippen molar-refractivity contribution in [2.45, 2.75) is 19.3 Å². The number of likely N-dealkylation sites (tertiary alicyclic amines) is 1. The van der Waals surface area contributed by atoms with E-state index in [1.807, 2.05) is 0 Å². The van der Waals surface area contributed by atoms with Crippen LogP contribution in [0.25, 0.3) is 0 Å². The molecule has 7 nitrogen and oxygen atoms in total. The van der Waals surface area contributed by atoms with Gasteiger partial charge < -0.3 is 15.4 Å². The molecule has 1 aliphatic rings. The van der Waals surface area contributed by atoms with Gasteiger partial charge in [-0.15, -0.1) is 0 Å². The first-order chi connectivity index (χ1) is 9.15. The van der Waals surface area contributed by atoms with Crippen LogP contribution in [0.2, 0.25) is 0 Å². The van der Waals surface area contributed by atoms with Gasteiger partial charge in [-0.05, 0) is 0 Å². The summed E-state index contributed by atoms with van der Waals surface area (Å²) in [6, 6.07) is 0. The number of amides is 3. The summed E-state index contributed by atoms with van der Waals surface area (Å²) >= 11 is 0. The molecule has 0 aromatic rings. The molecule has 1 fully saturated rings. The van der Waals surface area contributed by atoms with Crippen molar-refractivity contribution in [2.75, 3.05) is 39.9 Å². The molecule has 0 radical (unpaired) electrons. The standard InChI is InChI=1S/C12H21N3O4/c1-19-9-7-13-5-6-14-10(16)4-8-15-11(17)2-3-12(15)18/h13H,2-9H2,1H3,(H,14,16). The molecular formula is C12H21N3O4. The highest BCUT2D eigenvalue weighted by atomic mass is 16.5. The Bertz CT molecular complexity index is 317. The van der Waals surface area contributed by atoms with E-state index in [0.29, 0.717) is 19.7 Å². The van der Waals surface area contributed by atoms with Gasteiger partial charge >= 0.3 is 0 Å². The lowest BCUT2D eigenvalue weighted by Gasteiger charge is -2.13. The second kappa shape index (κ2) is 8.60. The van der Waals surface area contributed by atoms with Crippen LogP contribution in [0.4, 0.5) is 0 Å². The number of methoxy groups -OCH3 is 1. The van der Waals surface area contributed by atoms with Crippen molar-refractivity contribution in [1.29, 1.82) is 0 Å². The second-order valence-electron chi connectivity index (χ2n) is 4.28. The molecule has 3 amide bonds. The molecule has 0 aliphatic carbocycles. The molecule has 2 N–H and O–H groups in total. The molecular weight excluding hydrogens is 250 g/mol. The molecule has 19 heavy (non-hydrogen) atoms. The van der Waals surface area contributed by atoms with E-state index < -0.39 is 0 Å². The molecule has 0 aromatic carbocycles. The minimum absolute atomic E-state index is 0.152. The minimum atomic E-state index is -0.181. The highest BCUT2D eigenvalue weighted by molar-refractivity contribution is 6.02. The van der Waals surface area contributed by atoms with Gasteiger partial charge in [0.1, 0.15) is 0 Å². The van der Waals surface area contributed by atoms with Crippen molar-refractivity contribution in [1.82, 2.24) is 15.5 Å². The Morgan fingerprint density at radius 1 is 1.21 bits per heavy atom. The Labute approximate surface area is 112 Å². The Morgan fingerprint density at radius 2 is 1.89 bits per heavy atom. The van der Waals surface area contributed by atoms with Crippen molar-refractivity contribution in [2.24, 2.45) is 0 Å². The van der Waals surface area contributed by atoms with E-state index in [4.69, 9.17) is 4.74 Å². The fraction of sp³-hybridized carbons (Fsp3) is 0.750. The monoisotopic (exact) mass is 271 g/mol. The van der Waals surface area contributed by atoms with Crippen LogP contribution in [0, 0.1) is 0 Å². The zero-order valence-corrected chi connectivity index (χ0v) is 11.2. The van der Waals surface area contributed by atoms with Gasteiger partial charge in [-0.2, -0.15) is 0 Å². The zero-order valence-electron chi connectivity index (χ0n) is 11.2. The number of hydrogen-bond acceptors (Lipinski definition) is 5. The predicted molar refractivity (Wildman–Crippen MR) is 68.3 cm³/mol. The van der Waals surface area contributed by atoms with E-state index >= 15 is 0 Å². The smallest absolute Gasteiger partial charge is 0.229 e. The molecule has 0 spiro atoms. The first-order valence-electron chi connectivity index (χ1n) is 6.44. The fourth-order valence-corrected chi connectivity index (χ4v) is 1.76. The number of rotatable bonds is 9. The van der Waals surface area contributed by atoms with Gasteiger partial charge in [0.05, 0.1) is 6.61 Å². The second-order valence-corrected chi connectivity index (χ2v) is 4.28. The lowest BCUT2D eigenvalue weighted by Crippen LogP contribution is -2.36. The van der Waals surface area contributed by atoms with E-state index in [0.717, 1.165) is 11.4 Å². The van der Waals surface area contributed by atoms with E-state index in [1.165, 1.54) is 0 Å². The summed E-state index contributed by atoms with van der Waals surface area (Å²) in [7, 11) is 1.63. The third kappa shape index (κ3) is 5.80. The third-order valence-electron chi connectivity index (χ3n) is 2.82. The number of carbonyl (C=O) groups excluding carboxylic acids is 3. The van der Waals surface area contributed by atoms with E-state index in [1.54, 1.807) is 7.11 Å². The average Bonchev–Trinajstić information content (AvgIpc) is 2.71. The average molecular weight is 271 g/mol. The molecule has 0 saturated carbocycles. The maximum absolute atomic E-state index is 11.5. The molecule has 0 aromatic heterocycles. The topological polar surface area (TPSA) is 87.7 Å². The number of ether oxygens (including phenoxy) is 1. The van der Waals surface area contributed by atoms with Gasteiger partial charge in [-0.1, -0.05) is 0 Å². The van der Waals surface area contributed by atoms with Crippen molar-refractivity contribution in [3.63, 3.8) is 0 Å². The molecule has 0 unspecified atom stereocenters. The molecule has 1 aliphatic heterocycles. The first kappa shape index (κ1) is 15.6. The van der Waals surface area contributed by atoms with Crippen LogP contribution in [-0.2, 0) is 19.1 Å². The van der Waals surface area contributed by atoms with Crippen LogP contribution in [0.3, 0.4) is 0 Å². The summed E-state index contributed by atoms with van der Waals surface area (Å²) in [5.41, 5.74) is 0. The largest absolute Gasteiger partial charge is 0.383 e. The van der Waals surface area contributed by atoms with Gasteiger partial charge in [0.25, 0.3) is 0 Å². The predicted octanol–water partition coefficient (Wildman–Crippen LogP) is -1.12. The van der Waals surface area contributed by atoms with Crippen molar-refractivity contribution < 1.29 is 19.1 Å². The van der Waals surface area contributed by atoms with Gasteiger partial charge in [-0.25, -0.2) is 0 Å². The van der Waals surface area contributed by atoms with Crippen LogP contribution >= 0.6 is 0 Å². The Balaban J connectivity index is 2.05. The molecule has 7 heteroatoms.